The molecule has 2 atom stereocenters. The van der Waals surface area contributed by atoms with Crippen molar-refractivity contribution in [2.24, 2.45) is 16.9 Å². The van der Waals surface area contributed by atoms with Gasteiger partial charge in [0, 0.05) is 16.6 Å². The molecule has 7 nitrogen and oxygen atoms in total. The van der Waals surface area contributed by atoms with E-state index in [0.29, 0.717) is 11.4 Å². The van der Waals surface area contributed by atoms with Gasteiger partial charge < -0.3 is 4.74 Å². The lowest BCUT2D eigenvalue weighted by Crippen LogP contribution is -2.54. The number of nitrogens with one attached hydrogen (secondary N) is 1. The van der Waals surface area contributed by atoms with Gasteiger partial charge in [-0.3, -0.25) is 14.4 Å². The first kappa shape index (κ1) is 26.3. The van der Waals surface area contributed by atoms with Crippen LogP contribution in [-0.4, -0.2) is 31.0 Å². The SMILES string of the molecule is COc1ccc(CC(=O)N/N=C\C23c4ccccc4C(c4ccccc42)[C@H]2C(=O)N(c4ccc(Br)cc4)C(=O)[C@@H]23)cc1. The summed E-state index contributed by atoms with van der Waals surface area (Å²) in [6, 6.07) is 30.4. The first-order valence-corrected chi connectivity index (χ1v) is 14.5. The van der Waals surface area contributed by atoms with Crippen LogP contribution in [0.4, 0.5) is 5.69 Å². The van der Waals surface area contributed by atoms with E-state index >= 15 is 0 Å². The van der Waals surface area contributed by atoms with Gasteiger partial charge >= 0.3 is 0 Å². The monoisotopic (exact) mass is 619 g/mol. The van der Waals surface area contributed by atoms with E-state index in [2.05, 4.69) is 26.5 Å². The predicted molar refractivity (Wildman–Crippen MR) is 162 cm³/mol. The lowest BCUT2D eigenvalue weighted by molar-refractivity contribution is -0.123. The van der Waals surface area contributed by atoms with Crippen molar-refractivity contribution in [3.05, 3.63) is 129 Å². The van der Waals surface area contributed by atoms with Gasteiger partial charge in [0.25, 0.3) is 0 Å². The van der Waals surface area contributed by atoms with E-state index in [4.69, 9.17) is 4.74 Å². The summed E-state index contributed by atoms with van der Waals surface area (Å²) in [4.78, 5) is 42.8. The lowest BCUT2D eigenvalue weighted by Gasteiger charge is -2.52. The minimum Gasteiger partial charge on any atom is -0.497 e. The van der Waals surface area contributed by atoms with Crippen LogP contribution in [0.2, 0.25) is 0 Å². The summed E-state index contributed by atoms with van der Waals surface area (Å²) in [7, 11) is 1.59. The van der Waals surface area contributed by atoms with Gasteiger partial charge in [0.15, 0.2) is 0 Å². The van der Waals surface area contributed by atoms with E-state index in [1.165, 1.54) is 4.90 Å². The molecule has 1 N–H and O–H groups in total. The number of hydrazone groups is 1. The molecule has 1 fully saturated rings. The van der Waals surface area contributed by atoms with Gasteiger partial charge in [0.05, 0.1) is 36.5 Å². The molecule has 2 bridgehead atoms. The van der Waals surface area contributed by atoms with E-state index < -0.39 is 17.3 Å². The maximum atomic E-state index is 14.4. The van der Waals surface area contributed by atoms with Crippen molar-refractivity contribution >= 4 is 45.6 Å². The highest BCUT2D eigenvalue weighted by Gasteiger charge is 2.68. The molecule has 0 saturated carbocycles. The van der Waals surface area contributed by atoms with Gasteiger partial charge in [-0.2, -0.15) is 5.10 Å². The van der Waals surface area contributed by atoms with Crippen molar-refractivity contribution < 1.29 is 19.1 Å². The fourth-order valence-corrected chi connectivity index (χ4v) is 7.33. The molecule has 1 saturated heterocycles. The lowest BCUT2D eigenvalue weighted by atomic mass is 9.47. The first-order chi connectivity index (χ1) is 20.4. The van der Waals surface area contributed by atoms with Crippen molar-refractivity contribution in [3.63, 3.8) is 0 Å². The topological polar surface area (TPSA) is 88.1 Å². The fraction of sp³-hybridized carbons (Fsp3) is 0.176. The molecular weight excluding hydrogens is 594 g/mol. The third kappa shape index (κ3) is 3.85. The number of amides is 3. The number of rotatable bonds is 6. The normalized spacial score (nSPS) is 23.5. The number of imide groups is 1. The number of benzene rings is 4. The van der Waals surface area contributed by atoms with Crippen LogP contribution in [-0.2, 0) is 26.2 Å². The Morgan fingerprint density at radius 3 is 2.14 bits per heavy atom. The second-order valence-corrected chi connectivity index (χ2v) is 11.7. The molecule has 0 radical (unpaired) electrons. The average molecular weight is 621 g/mol. The van der Waals surface area contributed by atoms with Crippen LogP contribution >= 0.6 is 15.9 Å². The standard InChI is InChI=1S/C34H26BrN3O4/c1-42-23-16-10-20(11-17-23)18-28(39)37-36-19-34-26-8-4-2-6-24(26)29(25-7-3-5-9-27(25)34)30-31(34)33(41)38(32(30)40)22-14-12-21(35)13-15-22/h2-17,19,29-31H,18H2,1H3,(H,37,39)/b36-19-/t29?,30-,31-,34?/m1/s1. The molecule has 0 spiro atoms. The number of hydrogen-bond donors (Lipinski definition) is 1. The van der Waals surface area contributed by atoms with Gasteiger partial charge in [-0.25, -0.2) is 10.3 Å². The highest BCUT2D eigenvalue weighted by Crippen LogP contribution is 2.63. The maximum absolute atomic E-state index is 14.4. The summed E-state index contributed by atoms with van der Waals surface area (Å²) in [6.45, 7) is 0. The molecule has 1 aliphatic heterocycles. The van der Waals surface area contributed by atoms with Gasteiger partial charge in [-0.05, 0) is 64.2 Å². The molecule has 3 amide bonds. The molecule has 8 heteroatoms. The van der Waals surface area contributed by atoms with Crippen LogP contribution in [0.25, 0.3) is 0 Å². The Balaban J connectivity index is 1.32. The fourth-order valence-electron chi connectivity index (χ4n) is 7.07. The van der Waals surface area contributed by atoms with Gasteiger partial charge in [-0.15, -0.1) is 0 Å². The number of hydrogen-bond acceptors (Lipinski definition) is 5. The molecule has 4 aromatic carbocycles. The first-order valence-electron chi connectivity index (χ1n) is 13.7. The summed E-state index contributed by atoms with van der Waals surface area (Å²) in [5.41, 5.74) is 6.87. The number of carbonyl (C=O) groups is 3. The second kappa shape index (κ2) is 10.1. The molecule has 4 aliphatic rings. The Labute approximate surface area is 251 Å². The number of halogens is 1. The largest absolute Gasteiger partial charge is 0.497 e. The minimum atomic E-state index is -1.04. The number of methoxy groups -OCH3 is 1. The van der Waals surface area contributed by atoms with Crippen LogP contribution in [0, 0.1) is 11.8 Å². The van der Waals surface area contributed by atoms with Gasteiger partial charge in [-0.1, -0.05) is 76.6 Å². The van der Waals surface area contributed by atoms with Crippen LogP contribution in [0.3, 0.4) is 0 Å². The molecule has 8 rings (SSSR count). The average Bonchev–Trinajstić information content (AvgIpc) is 3.28. The molecule has 0 unspecified atom stereocenters. The zero-order valence-corrected chi connectivity index (χ0v) is 24.2. The number of nitrogens with zero attached hydrogens (tertiary/aromatic N) is 2. The third-order valence-electron chi connectivity index (χ3n) is 8.75. The number of carbonyl (C=O) groups excluding carboxylic acids is 3. The van der Waals surface area contributed by atoms with Crippen LogP contribution in [0.5, 0.6) is 5.75 Å². The third-order valence-corrected chi connectivity index (χ3v) is 9.28. The molecule has 4 aromatic rings. The summed E-state index contributed by atoms with van der Waals surface area (Å²) in [5, 5.41) is 4.48. The summed E-state index contributed by atoms with van der Waals surface area (Å²) in [6.07, 6.45) is 1.81. The van der Waals surface area contributed by atoms with Crippen molar-refractivity contribution in [3.8, 4) is 5.75 Å². The van der Waals surface area contributed by atoms with Crippen molar-refractivity contribution in [1.29, 1.82) is 0 Å². The molecule has 3 aliphatic carbocycles. The second-order valence-electron chi connectivity index (χ2n) is 10.8. The maximum Gasteiger partial charge on any atom is 0.244 e. The Morgan fingerprint density at radius 1 is 0.905 bits per heavy atom. The van der Waals surface area contributed by atoms with Gasteiger partial charge in [0.2, 0.25) is 17.7 Å². The summed E-state index contributed by atoms with van der Waals surface area (Å²) in [5.74, 6) is -1.65. The zero-order valence-electron chi connectivity index (χ0n) is 22.7. The summed E-state index contributed by atoms with van der Waals surface area (Å²) < 4.78 is 6.06. The Kier molecular flexibility index (Phi) is 6.31. The quantitative estimate of drug-likeness (QED) is 0.179. The van der Waals surface area contributed by atoms with E-state index in [0.717, 1.165) is 32.3 Å². The molecule has 0 aromatic heterocycles. The van der Waals surface area contributed by atoms with Crippen molar-refractivity contribution in [2.45, 2.75) is 17.8 Å². The molecule has 1 heterocycles. The van der Waals surface area contributed by atoms with E-state index in [1.54, 1.807) is 37.6 Å². The summed E-state index contributed by atoms with van der Waals surface area (Å²) >= 11 is 3.44. The molecule has 208 valence electrons. The zero-order chi connectivity index (χ0) is 29.0. The van der Waals surface area contributed by atoms with Crippen LogP contribution in [0.1, 0.15) is 33.7 Å². The predicted octanol–water partition coefficient (Wildman–Crippen LogP) is 5.35. The highest BCUT2D eigenvalue weighted by atomic mass is 79.9. The van der Waals surface area contributed by atoms with Gasteiger partial charge in [0.1, 0.15) is 5.75 Å². The highest BCUT2D eigenvalue weighted by molar-refractivity contribution is 9.10. The van der Waals surface area contributed by atoms with E-state index in [1.807, 2.05) is 72.8 Å². The molecular formula is C34H26BrN3O4. The Hall–Kier alpha value is -4.56. The van der Waals surface area contributed by atoms with Crippen LogP contribution in [0.15, 0.2) is 107 Å². The number of ether oxygens (including phenoxy) is 1. The Bertz CT molecular complexity index is 1720. The number of anilines is 1. The van der Waals surface area contributed by atoms with E-state index in [9.17, 15) is 14.4 Å². The smallest absolute Gasteiger partial charge is 0.244 e. The minimum absolute atomic E-state index is 0.129. The van der Waals surface area contributed by atoms with Crippen molar-refractivity contribution in [1.82, 2.24) is 5.43 Å². The Morgan fingerprint density at radius 2 is 1.52 bits per heavy atom. The molecule has 42 heavy (non-hydrogen) atoms. The van der Waals surface area contributed by atoms with Crippen molar-refractivity contribution in [2.75, 3.05) is 12.0 Å². The van der Waals surface area contributed by atoms with E-state index in [-0.39, 0.29) is 30.1 Å². The van der Waals surface area contributed by atoms with Crippen LogP contribution < -0.4 is 15.1 Å².